The van der Waals surface area contributed by atoms with Gasteiger partial charge in [-0.25, -0.2) is 8.42 Å². The molecule has 2 aromatic heterocycles. The Hall–Kier alpha value is -3.47. The average Bonchev–Trinajstić information content (AvgIpc) is 3.32. The number of nitrogens with zero attached hydrogens (tertiary/aromatic N) is 4. The van der Waals surface area contributed by atoms with Crippen LogP contribution in [0.3, 0.4) is 0 Å². The third-order valence-electron chi connectivity index (χ3n) is 5.82. The van der Waals surface area contributed by atoms with Crippen LogP contribution in [0.4, 0.5) is 0 Å². The van der Waals surface area contributed by atoms with Crippen molar-refractivity contribution >= 4 is 15.7 Å². The molecule has 1 saturated heterocycles. The van der Waals surface area contributed by atoms with Gasteiger partial charge in [-0.1, -0.05) is 12.1 Å². The molecule has 5 rings (SSSR count). The summed E-state index contributed by atoms with van der Waals surface area (Å²) in [4.78, 5) is 0.260. The van der Waals surface area contributed by atoms with Crippen molar-refractivity contribution in [3.8, 4) is 34.0 Å². The second kappa shape index (κ2) is 9.05. The van der Waals surface area contributed by atoms with Crippen molar-refractivity contribution in [2.45, 2.75) is 4.90 Å². The molecule has 0 N–H and O–H groups in total. The summed E-state index contributed by atoms with van der Waals surface area (Å²) in [6.45, 7) is 1.52. The molecule has 0 radical (unpaired) electrons. The minimum Gasteiger partial charge on any atom is -0.493 e. The lowest BCUT2D eigenvalue weighted by Crippen LogP contribution is -2.40. The van der Waals surface area contributed by atoms with Gasteiger partial charge in [-0.15, -0.1) is 10.2 Å². The Kier molecular flexibility index (Phi) is 5.94. The second-order valence-electron chi connectivity index (χ2n) is 7.78. The molecule has 2 aromatic carbocycles. The van der Waals surface area contributed by atoms with Crippen molar-refractivity contribution in [2.24, 2.45) is 0 Å². The molecule has 0 aliphatic carbocycles. The normalized spacial score (nSPS) is 14.9. The first-order valence-corrected chi connectivity index (χ1v) is 12.2. The summed E-state index contributed by atoms with van der Waals surface area (Å²) in [6.07, 6.45) is 1.90. The fraction of sp³-hybridized carbons (Fsp3) is 0.250. The van der Waals surface area contributed by atoms with E-state index in [4.69, 9.17) is 14.2 Å². The maximum absolute atomic E-state index is 13.1. The van der Waals surface area contributed by atoms with E-state index in [0.29, 0.717) is 49.3 Å². The van der Waals surface area contributed by atoms with E-state index in [1.807, 2.05) is 47.0 Å². The Bertz CT molecular complexity index is 1450. The van der Waals surface area contributed by atoms with Crippen LogP contribution >= 0.6 is 0 Å². The third-order valence-corrected chi connectivity index (χ3v) is 7.71. The van der Waals surface area contributed by atoms with Gasteiger partial charge in [-0.3, -0.25) is 4.40 Å². The Balaban J connectivity index is 1.54. The minimum atomic E-state index is -3.59. The lowest BCUT2D eigenvalue weighted by Gasteiger charge is -2.26. The molecule has 3 heterocycles. The van der Waals surface area contributed by atoms with Crippen LogP contribution in [0.1, 0.15) is 0 Å². The monoisotopic (exact) mass is 480 g/mol. The summed E-state index contributed by atoms with van der Waals surface area (Å²) in [5.41, 5.74) is 3.10. The molecular weight excluding hydrogens is 456 g/mol. The van der Waals surface area contributed by atoms with E-state index in [1.165, 1.54) is 4.31 Å². The molecule has 0 unspecified atom stereocenters. The summed E-state index contributed by atoms with van der Waals surface area (Å²) in [5, 5.41) is 8.62. The van der Waals surface area contributed by atoms with Crippen molar-refractivity contribution in [3.63, 3.8) is 0 Å². The van der Waals surface area contributed by atoms with E-state index in [-0.39, 0.29) is 4.90 Å². The number of pyridine rings is 1. The quantitative estimate of drug-likeness (QED) is 0.418. The molecule has 9 nitrogen and oxygen atoms in total. The zero-order valence-corrected chi connectivity index (χ0v) is 19.7. The van der Waals surface area contributed by atoms with E-state index in [9.17, 15) is 8.42 Å². The highest BCUT2D eigenvalue weighted by molar-refractivity contribution is 7.89. The Morgan fingerprint density at radius 2 is 1.62 bits per heavy atom. The first-order chi connectivity index (χ1) is 16.5. The SMILES string of the molecule is COc1ccc(-c2nnc3ccc(-c4cccc(S(=O)(=O)N5CCOCC5)c4)cn23)cc1OC. The second-order valence-corrected chi connectivity index (χ2v) is 9.72. The third kappa shape index (κ3) is 4.00. The highest BCUT2D eigenvalue weighted by Crippen LogP contribution is 2.32. The summed E-state index contributed by atoms with van der Waals surface area (Å²) in [5.74, 6) is 1.85. The Morgan fingerprint density at radius 1 is 0.853 bits per heavy atom. The number of hydrogen-bond acceptors (Lipinski definition) is 7. The number of aromatic nitrogens is 3. The zero-order chi connectivity index (χ0) is 23.7. The summed E-state index contributed by atoms with van der Waals surface area (Å²) < 4.78 is 45.6. The smallest absolute Gasteiger partial charge is 0.243 e. The fourth-order valence-electron chi connectivity index (χ4n) is 4.01. The molecule has 0 atom stereocenters. The van der Waals surface area contributed by atoms with Crippen LogP contribution in [0.5, 0.6) is 11.5 Å². The number of rotatable bonds is 6. The first-order valence-electron chi connectivity index (χ1n) is 10.8. The molecule has 10 heteroatoms. The Labute approximate surface area is 197 Å². The van der Waals surface area contributed by atoms with Gasteiger partial charge in [0, 0.05) is 24.8 Å². The molecular formula is C24H24N4O5S. The molecule has 0 saturated carbocycles. The van der Waals surface area contributed by atoms with Gasteiger partial charge in [-0.05, 0) is 53.6 Å². The van der Waals surface area contributed by atoms with Crippen molar-refractivity contribution in [1.82, 2.24) is 18.9 Å². The number of hydrogen-bond donors (Lipinski definition) is 0. The summed E-state index contributed by atoms with van der Waals surface area (Å²) >= 11 is 0. The van der Waals surface area contributed by atoms with Crippen LogP contribution < -0.4 is 9.47 Å². The number of fused-ring (bicyclic) bond motifs is 1. The fourth-order valence-corrected chi connectivity index (χ4v) is 5.46. The number of ether oxygens (including phenoxy) is 3. The van der Waals surface area contributed by atoms with Crippen molar-refractivity contribution < 1.29 is 22.6 Å². The largest absolute Gasteiger partial charge is 0.493 e. The van der Waals surface area contributed by atoms with Crippen LogP contribution in [0, 0.1) is 0 Å². The predicted octanol–water partition coefficient (Wildman–Crippen LogP) is 3.10. The molecule has 0 spiro atoms. The van der Waals surface area contributed by atoms with Gasteiger partial charge >= 0.3 is 0 Å². The standard InChI is InChI=1S/C24H24N4O5S/c1-31-21-8-6-18(15-22(21)32-2)24-26-25-23-9-7-19(16-28(23)24)17-4-3-5-20(14-17)34(29,30)27-10-12-33-13-11-27/h3-9,14-16H,10-13H2,1-2H3. The van der Waals surface area contributed by atoms with E-state index in [0.717, 1.165) is 16.7 Å². The van der Waals surface area contributed by atoms with Gasteiger partial charge in [0.05, 0.1) is 32.3 Å². The number of benzene rings is 2. The maximum atomic E-state index is 13.1. The molecule has 1 aliphatic rings. The first kappa shape index (κ1) is 22.3. The highest BCUT2D eigenvalue weighted by Gasteiger charge is 2.26. The Morgan fingerprint density at radius 3 is 2.38 bits per heavy atom. The zero-order valence-electron chi connectivity index (χ0n) is 18.8. The van der Waals surface area contributed by atoms with Crippen molar-refractivity contribution in [1.29, 1.82) is 0 Å². The van der Waals surface area contributed by atoms with Crippen LogP contribution in [0.25, 0.3) is 28.2 Å². The summed E-state index contributed by atoms with van der Waals surface area (Å²) in [6, 6.07) is 16.3. The summed E-state index contributed by atoms with van der Waals surface area (Å²) in [7, 11) is -0.424. The molecule has 176 valence electrons. The van der Waals surface area contributed by atoms with Gasteiger partial charge in [0.25, 0.3) is 0 Å². The van der Waals surface area contributed by atoms with E-state index >= 15 is 0 Å². The van der Waals surface area contributed by atoms with E-state index < -0.39 is 10.0 Å². The van der Waals surface area contributed by atoms with Gasteiger partial charge < -0.3 is 14.2 Å². The highest BCUT2D eigenvalue weighted by atomic mass is 32.2. The lowest BCUT2D eigenvalue weighted by atomic mass is 10.1. The van der Waals surface area contributed by atoms with Crippen LogP contribution in [0.2, 0.25) is 0 Å². The molecule has 4 aromatic rings. The predicted molar refractivity (Wildman–Crippen MR) is 127 cm³/mol. The number of methoxy groups -OCH3 is 2. The van der Waals surface area contributed by atoms with Gasteiger partial charge in [0.15, 0.2) is 23.0 Å². The molecule has 34 heavy (non-hydrogen) atoms. The molecule has 0 bridgehead atoms. The van der Waals surface area contributed by atoms with Crippen molar-refractivity contribution in [3.05, 3.63) is 60.8 Å². The average molecular weight is 481 g/mol. The van der Waals surface area contributed by atoms with Crippen molar-refractivity contribution in [2.75, 3.05) is 40.5 Å². The van der Waals surface area contributed by atoms with Crippen LogP contribution in [-0.2, 0) is 14.8 Å². The van der Waals surface area contributed by atoms with Gasteiger partial charge in [-0.2, -0.15) is 4.31 Å². The molecule has 0 amide bonds. The number of sulfonamides is 1. The molecule has 1 aliphatic heterocycles. The topological polar surface area (TPSA) is 95.3 Å². The van der Waals surface area contributed by atoms with E-state index in [2.05, 4.69) is 10.2 Å². The maximum Gasteiger partial charge on any atom is 0.243 e. The van der Waals surface area contributed by atoms with Gasteiger partial charge in [0.1, 0.15) is 0 Å². The lowest BCUT2D eigenvalue weighted by molar-refractivity contribution is 0.0730. The minimum absolute atomic E-state index is 0.260. The van der Waals surface area contributed by atoms with E-state index in [1.54, 1.807) is 32.4 Å². The van der Waals surface area contributed by atoms with Gasteiger partial charge in [0.2, 0.25) is 10.0 Å². The van der Waals surface area contributed by atoms with Crippen LogP contribution in [-0.4, -0.2) is 67.8 Å². The van der Waals surface area contributed by atoms with Crippen LogP contribution in [0.15, 0.2) is 65.7 Å². The molecule has 1 fully saturated rings. The number of morpholine rings is 1.